The van der Waals surface area contributed by atoms with E-state index in [1.165, 1.54) is 12.1 Å². The molecule has 2 bridgehead atoms. The number of fused-ring (bicyclic) bond motifs is 1. The average molecular weight is 466 g/mol. The molecule has 1 heterocycles. The highest BCUT2D eigenvalue weighted by Gasteiger charge is 2.68. The number of carbonyl (C=O) groups is 4. The molecule has 154 valence electrons. The molecular weight excluding hydrogens is 446 g/mol. The minimum absolute atomic E-state index is 0.0209. The van der Waals surface area contributed by atoms with E-state index >= 15 is 0 Å². The van der Waals surface area contributed by atoms with Gasteiger partial charge in [0.25, 0.3) is 5.91 Å². The first kappa shape index (κ1) is 19.9. The van der Waals surface area contributed by atoms with Crippen molar-refractivity contribution in [2.45, 2.75) is 24.3 Å². The van der Waals surface area contributed by atoms with Crippen molar-refractivity contribution in [2.75, 3.05) is 18.5 Å². The van der Waals surface area contributed by atoms with Crippen LogP contribution in [0.15, 0.2) is 24.3 Å². The molecule has 1 aliphatic heterocycles. The second kappa shape index (κ2) is 7.78. The van der Waals surface area contributed by atoms with Crippen LogP contribution < -0.4 is 5.32 Å². The van der Waals surface area contributed by atoms with Gasteiger partial charge < -0.3 is 19.5 Å². The zero-order valence-corrected chi connectivity index (χ0v) is 17.2. The fourth-order valence-corrected chi connectivity index (χ4v) is 5.67. The molecule has 2 saturated carbocycles. The Bertz CT molecular complexity index is 855. The van der Waals surface area contributed by atoms with E-state index in [1.54, 1.807) is 19.1 Å². The highest BCUT2D eigenvalue weighted by Crippen LogP contribution is 2.60. The van der Waals surface area contributed by atoms with Crippen molar-refractivity contribution in [1.82, 2.24) is 0 Å². The second-order valence-electron chi connectivity index (χ2n) is 7.41. The number of esters is 3. The number of ether oxygens (including phenoxy) is 3. The summed E-state index contributed by atoms with van der Waals surface area (Å²) in [5.41, 5.74) is 0.834. The summed E-state index contributed by atoms with van der Waals surface area (Å²) in [4.78, 5) is 48.4. The second-order valence-corrected chi connectivity index (χ2v) is 8.47. The van der Waals surface area contributed by atoms with E-state index in [9.17, 15) is 19.2 Å². The van der Waals surface area contributed by atoms with Gasteiger partial charge in [-0.2, -0.15) is 0 Å². The van der Waals surface area contributed by atoms with Crippen molar-refractivity contribution in [1.29, 1.82) is 0 Å². The Kier molecular flexibility index (Phi) is 5.33. The lowest BCUT2D eigenvalue weighted by Crippen LogP contribution is -2.39. The number of amides is 1. The first-order valence-electron chi connectivity index (χ1n) is 9.49. The zero-order valence-electron chi connectivity index (χ0n) is 15.6. The van der Waals surface area contributed by atoms with Gasteiger partial charge in [-0.25, -0.2) is 4.79 Å². The number of benzene rings is 1. The molecule has 0 aromatic heterocycles. The predicted molar refractivity (Wildman–Crippen MR) is 103 cm³/mol. The summed E-state index contributed by atoms with van der Waals surface area (Å²) in [6.45, 7) is 1.54. The van der Waals surface area contributed by atoms with E-state index in [0.29, 0.717) is 11.3 Å². The van der Waals surface area contributed by atoms with Crippen molar-refractivity contribution in [3.8, 4) is 0 Å². The molecule has 0 radical (unpaired) electrons. The van der Waals surface area contributed by atoms with Crippen LogP contribution in [-0.4, -0.2) is 48.0 Å². The summed E-state index contributed by atoms with van der Waals surface area (Å²) in [5, 5.41) is 2.60. The molecule has 1 saturated heterocycles. The molecule has 1 N–H and O–H groups in total. The lowest BCUT2D eigenvalue weighted by atomic mass is 9.80. The lowest BCUT2D eigenvalue weighted by Gasteiger charge is -2.26. The summed E-state index contributed by atoms with van der Waals surface area (Å²) in [6.07, 6.45) is 0.581. The maximum Gasteiger partial charge on any atom is 0.338 e. The third-order valence-corrected chi connectivity index (χ3v) is 7.02. The van der Waals surface area contributed by atoms with Crippen LogP contribution in [0.4, 0.5) is 5.69 Å². The van der Waals surface area contributed by atoms with Gasteiger partial charge in [0.1, 0.15) is 6.10 Å². The molecule has 0 unspecified atom stereocenters. The van der Waals surface area contributed by atoms with Crippen LogP contribution in [0.3, 0.4) is 0 Å². The SMILES string of the molecule is CCOC(=O)c1ccc(NC(=O)COC(=O)[C@@H]2[C@@H]3C[C@H]4[C@H](OC(=O)[C@@H]42)[C@@H]3Br)cc1. The van der Waals surface area contributed by atoms with Gasteiger partial charge in [0.05, 0.1) is 28.8 Å². The molecule has 1 aromatic rings. The van der Waals surface area contributed by atoms with Gasteiger partial charge in [-0.3, -0.25) is 14.4 Å². The van der Waals surface area contributed by atoms with Crippen LogP contribution in [0.1, 0.15) is 23.7 Å². The summed E-state index contributed by atoms with van der Waals surface area (Å²) < 4.78 is 15.5. The highest BCUT2D eigenvalue weighted by molar-refractivity contribution is 9.09. The molecule has 3 fully saturated rings. The predicted octanol–water partition coefficient (Wildman–Crippen LogP) is 1.92. The average Bonchev–Trinajstić information content (AvgIpc) is 3.31. The number of carbonyl (C=O) groups excluding carboxylic acids is 4. The van der Waals surface area contributed by atoms with Crippen LogP contribution in [0.25, 0.3) is 0 Å². The molecular formula is C20H20BrNO7. The van der Waals surface area contributed by atoms with E-state index in [1.807, 2.05) is 0 Å². The van der Waals surface area contributed by atoms with Crippen molar-refractivity contribution < 1.29 is 33.4 Å². The Morgan fingerprint density at radius 3 is 2.59 bits per heavy atom. The van der Waals surface area contributed by atoms with Crippen LogP contribution in [0, 0.1) is 23.7 Å². The van der Waals surface area contributed by atoms with Gasteiger partial charge in [0.2, 0.25) is 0 Å². The Labute approximate surface area is 175 Å². The number of anilines is 1. The molecule has 0 spiro atoms. The maximum absolute atomic E-state index is 12.6. The van der Waals surface area contributed by atoms with Gasteiger partial charge >= 0.3 is 17.9 Å². The zero-order chi connectivity index (χ0) is 20.7. The first-order chi connectivity index (χ1) is 13.9. The summed E-state index contributed by atoms with van der Waals surface area (Å²) in [7, 11) is 0. The minimum Gasteiger partial charge on any atom is -0.462 e. The smallest absolute Gasteiger partial charge is 0.338 e. The molecule has 6 atom stereocenters. The normalized spacial score (nSPS) is 31.3. The number of alkyl halides is 1. The third-order valence-electron chi connectivity index (χ3n) is 5.82. The highest BCUT2D eigenvalue weighted by atomic mass is 79.9. The number of hydrogen-bond donors (Lipinski definition) is 1. The summed E-state index contributed by atoms with van der Waals surface area (Å²) in [6, 6.07) is 6.19. The van der Waals surface area contributed by atoms with Crippen LogP contribution >= 0.6 is 15.9 Å². The molecule has 4 rings (SSSR count). The molecule has 29 heavy (non-hydrogen) atoms. The Balaban J connectivity index is 1.30. The van der Waals surface area contributed by atoms with Gasteiger partial charge in [-0.1, -0.05) is 15.9 Å². The molecule has 2 aliphatic carbocycles. The summed E-state index contributed by atoms with van der Waals surface area (Å²) >= 11 is 3.54. The molecule has 1 amide bonds. The van der Waals surface area contributed by atoms with Crippen LogP contribution in [-0.2, 0) is 28.6 Å². The Morgan fingerprint density at radius 1 is 1.17 bits per heavy atom. The number of nitrogens with one attached hydrogen (secondary N) is 1. The molecule has 3 aliphatic rings. The standard InChI is InChI=1S/C20H20BrNO7/c1-2-27-18(24)9-3-5-10(6-4-9)22-13(23)8-28-19(25)14-11-7-12-15(14)20(26)29-17(12)16(11)21/h3-6,11-12,14-17H,2,7-8H2,1H3,(H,22,23)/t11-,12+,14+,15-,16+,17-/m0/s1. The van der Waals surface area contributed by atoms with Crippen molar-refractivity contribution in [3.63, 3.8) is 0 Å². The molecule has 8 nitrogen and oxygen atoms in total. The number of hydrogen-bond acceptors (Lipinski definition) is 7. The fourth-order valence-electron chi connectivity index (χ4n) is 4.63. The van der Waals surface area contributed by atoms with E-state index in [2.05, 4.69) is 21.2 Å². The largest absolute Gasteiger partial charge is 0.462 e. The minimum atomic E-state index is -0.577. The number of halogens is 1. The van der Waals surface area contributed by atoms with E-state index in [-0.39, 0.29) is 35.3 Å². The van der Waals surface area contributed by atoms with Crippen molar-refractivity contribution >= 4 is 45.4 Å². The van der Waals surface area contributed by atoms with Gasteiger partial charge in [0.15, 0.2) is 6.61 Å². The van der Waals surface area contributed by atoms with Gasteiger partial charge in [-0.05, 0) is 43.5 Å². The van der Waals surface area contributed by atoms with Crippen LogP contribution in [0.2, 0.25) is 0 Å². The van der Waals surface area contributed by atoms with Gasteiger partial charge in [-0.15, -0.1) is 0 Å². The Morgan fingerprint density at radius 2 is 1.90 bits per heavy atom. The molecule has 1 aromatic carbocycles. The van der Waals surface area contributed by atoms with E-state index in [0.717, 1.165) is 6.42 Å². The summed E-state index contributed by atoms with van der Waals surface area (Å²) in [5.74, 6) is -2.86. The fraction of sp³-hybridized carbons (Fsp3) is 0.500. The topological polar surface area (TPSA) is 108 Å². The van der Waals surface area contributed by atoms with Crippen molar-refractivity contribution in [2.24, 2.45) is 23.7 Å². The van der Waals surface area contributed by atoms with Crippen molar-refractivity contribution in [3.05, 3.63) is 29.8 Å². The molecule has 9 heteroatoms. The maximum atomic E-state index is 12.6. The van der Waals surface area contributed by atoms with E-state index in [4.69, 9.17) is 14.2 Å². The third kappa shape index (κ3) is 3.52. The Hall–Kier alpha value is -2.42. The van der Waals surface area contributed by atoms with E-state index < -0.39 is 36.3 Å². The van der Waals surface area contributed by atoms with Crippen LogP contribution in [0.5, 0.6) is 0 Å². The quantitative estimate of drug-likeness (QED) is 0.388. The lowest BCUT2D eigenvalue weighted by molar-refractivity contribution is -0.157. The number of rotatable bonds is 6. The first-order valence-corrected chi connectivity index (χ1v) is 10.4. The monoisotopic (exact) mass is 465 g/mol. The van der Waals surface area contributed by atoms with Gasteiger partial charge in [0, 0.05) is 11.6 Å².